The Morgan fingerprint density at radius 1 is 0.967 bits per heavy atom. The van der Waals surface area contributed by atoms with Crippen molar-refractivity contribution in [2.75, 3.05) is 6.54 Å². The van der Waals surface area contributed by atoms with Crippen molar-refractivity contribution in [3.05, 3.63) is 0 Å². The van der Waals surface area contributed by atoms with E-state index in [1.54, 1.807) is 20.8 Å². The smallest absolute Gasteiger partial charge is 0.407 e. The molecule has 0 aromatic carbocycles. The quantitative estimate of drug-likeness (QED) is 0.429. The molecule has 2 saturated carbocycles. The van der Waals surface area contributed by atoms with Gasteiger partial charge in [-0.1, -0.05) is 38.5 Å². The molecule has 0 aromatic heterocycles. The summed E-state index contributed by atoms with van der Waals surface area (Å²) in [6, 6.07) is 0.922. The molecule has 7 nitrogen and oxygen atoms in total. The SMILES string of the molecule is C1CCC(NC2CCCCC2)CC1.CC(C)(C)OC(=O)NCCCC[C@H](N)C(=O)O. The Bertz CT molecular complexity index is 465. The van der Waals surface area contributed by atoms with Crippen LogP contribution >= 0.6 is 0 Å². The van der Waals surface area contributed by atoms with Crippen molar-refractivity contribution in [2.24, 2.45) is 5.73 Å². The van der Waals surface area contributed by atoms with Gasteiger partial charge in [-0.2, -0.15) is 0 Å². The summed E-state index contributed by atoms with van der Waals surface area (Å²) in [5, 5.41) is 15.0. The maximum Gasteiger partial charge on any atom is 0.407 e. The largest absolute Gasteiger partial charge is 0.480 e. The monoisotopic (exact) mass is 427 g/mol. The Hall–Kier alpha value is -1.34. The van der Waals surface area contributed by atoms with Gasteiger partial charge in [-0.15, -0.1) is 0 Å². The van der Waals surface area contributed by atoms with E-state index >= 15 is 0 Å². The second-order valence-electron chi connectivity index (χ2n) is 9.71. The Morgan fingerprint density at radius 2 is 1.47 bits per heavy atom. The lowest BCUT2D eigenvalue weighted by atomic mass is 9.91. The predicted molar refractivity (Wildman–Crippen MR) is 121 cm³/mol. The van der Waals surface area contributed by atoms with Crippen molar-refractivity contribution in [2.45, 2.75) is 128 Å². The molecule has 0 saturated heterocycles. The zero-order valence-electron chi connectivity index (χ0n) is 19.4. The third-order valence-corrected chi connectivity index (χ3v) is 5.61. The molecule has 0 spiro atoms. The van der Waals surface area contributed by atoms with Gasteiger partial charge in [-0.3, -0.25) is 4.79 Å². The van der Waals surface area contributed by atoms with Gasteiger partial charge < -0.3 is 26.2 Å². The van der Waals surface area contributed by atoms with Crippen molar-refractivity contribution in [3.63, 3.8) is 0 Å². The topological polar surface area (TPSA) is 114 Å². The molecule has 0 aliphatic heterocycles. The van der Waals surface area contributed by atoms with Gasteiger partial charge in [-0.25, -0.2) is 4.79 Å². The van der Waals surface area contributed by atoms with Crippen LogP contribution in [0, 0.1) is 0 Å². The summed E-state index contributed by atoms with van der Waals surface area (Å²) in [6.07, 6.45) is 15.9. The van der Waals surface area contributed by atoms with Gasteiger partial charge in [0.15, 0.2) is 0 Å². The van der Waals surface area contributed by atoms with Crippen LogP contribution in [0.15, 0.2) is 0 Å². The van der Waals surface area contributed by atoms with Crippen molar-refractivity contribution >= 4 is 12.1 Å². The Labute approximate surface area is 182 Å². The maximum atomic E-state index is 11.2. The summed E-state index contributed by atoms with van der Waals surface area (Å²) in [5.41, 5.74) is 4.83. The van der Waals surface area contributed by atoms with Gasteiger partial charge in [0.1, 0.15) is 11.6 Å². The van der Waals surface area contributed by atoms with E-state index in [1.807, 2.05) is 0 Å². The van der Waals surface area contributed by atoms with Gasteiger partial charge in [0, 0.05) is 18.6 Å². The molecule has 0 bridgehead atoms. The van der Waals surface area contributed by atoms with E-state index in [1.165, 1.54) is 64.2 Å². The molecule has 2 fully saturated rings. The first kappa shape index (κ1) is 26.7. The fraction of sp³-hybridized carbons (Fsp3) is 0.913. The van der Waals surface area contributed by atoms with Gasteiger partial charge >= 0.3 is 12.1 Å². The van der Waals surface area contributed by atoms with Crippen LogP contribution in [-0.4, -0.2) is 47.4 Å². The van der Waals surface area contributed by atoms with Crippen LogP contribution in [0.5, 0.6) is 0 Å². The molecule has 0 heterocycles. The van der Waals surface area contributed by atoms with Crippen LogP contribution in [0.1, 0.15) is 104 Å². The molecule has 0 radical (unpaired) electrons. The number of hydrogen-bond donors (Lipinski definition) is 4. The highest BCUT2D eigenvalue weighted by Gasteiger charge is 2.19. The molecule has 0 aromatic rings. The lowest BCUT2D eigenvalue weighted by Gasteiger charge is -2.30. The van der Waals surface area contributed by atoms with E-state index in [2.05, 4.69) is 10.6 Å². The molecule has 2 aliphatic rings. The second kappa shape index (κ2) is 14.6. The third kappa shape index (κ3) is 13.8. The highest BCUT2D eigenvalue weighted by atomic mass is 16.6. The molecule has 1 amide bonds. The fourth-order valence-corrected chi connectivity index (χ4v) is 3.99. The summed E-state index contributed by atoms with van der Waals surface area (Å²) >= 11 is 0. The molecule has 176 valence electrons. The maximum absolute atomic E-state index is 11.2. The Kier molecular flexibility index (Phi) is 13.0. The molecule has 2 rings (SSSR count). The molecule has 0 unspecified atom stereocenters. The van der Waals surface area contributed by atoms with Gasteiger partial charge in [0.25, 0.3) is 0 Å². The first-order valence-corrected chi connectivity index (χ1v) is 11.9. The molecule has 2 aliphatic carbocycles. The molecule has 5 N–H and O–H groups in total. The average molecular weight is 428 g/mol. The Morgan fingerprint density at radius 3 is 1.90 bits per heavy atom. The van der Waals surface area contributed by atoms with Crippen LogP contribution < -0.4 is 16.4 Å². The summed E-state index contributed by atoms with van der Waals surface area (Å²) in [6.45, 7) is 5.83. The summed E-state index contributed by atoms with van der Waals surface area (Å²) in [7, 11) is 0. The zero-order valence-corrected chi connectivity index (χ0v) is 19.4. The zero-order chi connectivity index (χ0) is 22.4. The lowest BCUT2D eigenvalue weighted by molar-refractivity contribution is -0.138. The summed E-state index contributed by atoms with van der Waals surface area (Å²) in [5.74, 6) is -0.995. The minimum Gasteiger partial charge on any atom is -0.480 e. The number of carbonyl (C=O) groups is 2. The highest BCUT2D eigenvalue weighted by Crippen LogP contribution is 2.22. The standard InChI is InChI=1S/C12H23N.C11H22N2O4/c1-3-7-11(8-4-1)13-12-9-5-2-6-10-12;1-11(2,3)17-10(16)13-7-5-4-6-8(12)9(14)15/h11-13H,1-10H2;8H,4-7,12H2,1-3H3,(H,13,16)(H,14,15)/t;8-/m.0/s1. The number of ether oxygens (including phenoxy) is 1. The number of alkyl carbamates (subject to hydrolysis) is 1. The molecule has 1 atom stereocenters. The number of carboxylic acid groups (broad SMARTS) is 1. The third-order valence-electron chi connectivity index (χ3n) is 5.61. The number of aliphatic carboxylic acids is 1. The van der Waals surface area contributed by atoms with E-state index < -0.39 is 23.7 Å². The first-order valence-electron chi connectivity index (χ1n) is 11.9. The number of nitrogens with two attached hydrogens (primary N) is 1. The Balaban J connectivity index is 0.000000308. The van der Waals surface area contributed by atoms with E-state index in [0.717, 1.165) is 12.1 Å². The molecular weight excluding hydrogens is 382 g/mol. The van der Waals surface area contributed by atoms with Gasteiger partial charge in [0.05, 0.1) is 0 Å². The number of unbranched alkanes of at least 4 members (excludes halogenated alkanes) is 1. The molecular formula is C23H45N3O4. The number of carboxylic acids is 1. The number of amides is 1. The van der Waals surface area contributed by atoms with Gasteiger partial charge in [-0.05, 0) is 65.7 Å². The van der Waals surface area contributed by atoms with E-state index in [9.17, 15) is 9.59 Å². The predicted octanol–water partition coefficient (Wildman–Crippen LogP) is 4.33. The van der Waals surface area contributed by atoms with Crippen molar-refractivity contribution < 1.29 is 19.4 Å². The lowest BCUT2D eigenvalue weighted by Crippen LogP contribution is -2.40. The number of rotatable bonds is 8. The van der Waals surface area contributed by atoms with Crippen LogP contribution in [0.4, 0.5) is 4.79 Å². The van der Waals surface area contributed by atoms with Crippen molar-refractivity contribution in [3.8, 4) is 0 Å². The van der Waals surface area contributed by atoms with Gasteiger partial charge in [0.2, 0.25) is 0 Å². The number of nitrogens with one attached hydrogen (secondary N) is 2. The van der Waals surface area contributed by atoms with Crippen LogP contribution in [-0.2, 0) is 9.53 Å². The number of hydrogen-bond acceptors (Lipinski definition) is 5. The summed E-state index contributed by atoms with van der Waals surface area (Å²) in [4.78, 5) is 21.6. The first-order chi connectivity index (χ1) is 14.2. The average Bonchev–Trinajstić information content (AvgIpc) is 2.68. The summed E-state index contributed by atoms with van der Waals surface area (Å²) < 4.78 is 5.03. The van der Waals surface area contributed by atoms with E-state index in [4.69, 9.17) is 15.6 Å². The molecule has 7 heteroatoms. The van der Waals surface area contributed by atoms with Crippen LogP contribution in [0.25, 0.3) is 0 Å². The van der Waals surface area contributed by atoms with Crippen molar-refractivity contribution in [1.82, 2.24) is 10.6 Å². The minimum atomic E-state index is -0.995. The number of carbonyl (C=O) groups excluding carboxylic acids is 1. The van der Waals surface area contributed by atoms with Crippen LogP contribution in [0.2, 0.25) is 0 Å². The fourth-order valence-electron chi connectivity index (χ4n) is 3.99. The molecule has 30 heavy (non-hydrogen) atoms. The second-order valence-corrected chi connectivity index (χ2v) is 9.71. The highest BCUT2D eigenvalue weighted by molar-refractivity contribution is 5.72. The van der Waals surface area contributed by atoms with Crippen LogP contribution in [0.3, 0.4) is 0 Å². The minimum absolute atomic E-state index is 0.408. The normalized spacial score (nSPS) is 19.3. The van der Waals surface area contributed by atoms with E-state index in [-0.39, 0.29) is 0 Å². The van der Waals surface area contributed by atoms with E-state index in [0.29, 0.717) is 25.8 Å². The van der Waals surface area contributed by atoms with Crippen molar-refractivity contribution in [1.29, 1.82) is 0 Å².